The summed E-state index contributed by atoms with van der Waals surface area (Å²) in [6, 6.07) is 21.9. The smallest absolute Gasteiger partial charge is 0.481 e. The Kier molecular flexibility index (Phi) is 7.50. The van der Waals surface area contributed by atoms with Gasteiger partial charge in [0.05, 0.1) is 4.88 Å². The van der Waals surface area contributed by atoms with Gasteiger partial charge in [0.2, 0.25) is 0 Å². The first kappa shape index (κ1) is 18.1. The Bertz CT molecular complexity index is 675. The predicted molar refractivity (Wildman–Crippen MR) is 85.3 cm³/mol. The summed E-state index contributed by atoms with van der Waals surface area (Å²) >= 11 is 1.15. The maximum absolute atomic E-state index is 10.9. The van der Waals surface area contributed by atoms with Gasteiger partial charge < -0.3 is 16.5 Å². The van der Waals surface area contributed by atoms with Crippen LogP contribution in [0.2, 0.25) is 0 Å². The molecule has 0 bridgehead atoms. The van der Waals surface area contributed by atoms with Crippen LogP contribution in [0.5, 0.6) is 0 Å². The molecule has 0 unspecified atom stereocenters. The van der Waals surface area contributed by atoms with Crippen LogP contribution < -0.4 is 5.73 Å². The van der Waals surface area contributed by atoms with E-state index >= 15 is 0 Å². The summed E-state index contributed by atoms with van der Waals surface area (Å²) in [7, 11) is 0. The van der Waals surface area contributed by atoms with Crippen LogP contribution in [0.25, 0.3) is 16.3 Å². The molecule has 2 aromatic carbocycles. The van der Waals surface area contributed by atoms with Gasteiger partial charge in [-0.2, -0.15) is 36.4 Å². The van der Waals surface area contributed by atoms with Crippen molar-refractivity contribution < 1.29 is 25.9 Å². The van der Waals surface area contributed by atoms with E-state index in [9.17, 15) is 4.79 Å². The molecule has 0 saturated heterocycles. The van der Waals surface area contributed by atoms with Crippen LogP contribution in [0.15, 0.2) is 60.7 Å². The fourth-order valence-electron chi connectivity index (χ4n) is 1.53. The van der Waals surface area contributed by atoms with Gasteiger partial charge in [-0.15, -0.1) is 11.3 Å². The molecule has 1 aromatic heterocycles. The van der Waals surface area contributed by atoms with Gasteiger partial charge in [-0.1, -0.05) is 30.3 Å². The number of benzene rings is 2. The summed E-state index contributed by atoms with van der Waals surface area (Å²) in [5, 5.41) is 0.648. The molecule has 0 radical (unpaired) electrons. The maximum atomic E-state index is 10.9. The number of nitrogens with one attached hydrogen (secondary N) is 1. The predicted octanol–water partition coefficient (Wildman–Crippen LogP) is 4.08. The largest absolute Gasteiger partial charge is 2.00 e. The second-order valence-corrected chi connectivity index (χ2v) is 5.00. The molecule has 22 heavy (non-hydrogen) atoms. The number of thiazole rings is 1. The minimum atomic E-state index is -0.598. The molecule has 110 valence electrons. The van der Waals surface area contributed by atoms with Crippen LogP contribution in [0.3, 0.4) is 0 Å². The van der Waals surface area contributed by atoms with Crippen LogP contribution >= 0.6 is 11.3 Å². The van der Waals surface area contributed by atoms with Gasteiger partial charge in [-0.25, -0.2) is 0 Å². The standard InChI is InChI=1S/C10H9N3OS.C6H5.W/c11-8-7(9(12)14)15-10(13-8)6-4-2-1-3-5-6;1-2-4-6-5-3-1;/h1-5H,(H4,11,12,14);1-5H;/q;-1;+2/p-1. The van der Waals surface area contributed by atoms with Crippen LogP contribution in [0.1, 0.15) is 9.67 Å². The van der Waals surface area contributed by atoms with E-state index in [1.165, 1.54) is 0 Å². The molecule has 0 saturated carbocycles. The zero-order valence-corrected chi connectivity index (χ0v) is 15.3. The van der Waals surface area contributed by atoms with Crippen LogP contribution in [-0.2, 0) is 21.1 Å². The molecule has 0 aliphatic heterocycles. The molecule has 1 amide bonds. The second-order valence-electron chi connectivity index (χ2n) is 4.00. The molecule has 0 atom stereocenters. The van der Waals surface area contributed by atoms with Crippen molar-refractivity contribution in [2.45, 2.75) is 0 Å². The van der Waals surface area contributed by atoms with Crippen molar-refractivity contribution in [2.24, 2.45) is 5.73 Å². The topological polar surface area (TPSA) is 79.8 Å². The fourth-order valence-corrected chi connectivity index (χ4v) is 2.36. The fraction of sp³-hybridized carbons (Fsp3) is 0. The van der Waals surface area contributed by atoms with Gasteiger partial charge in [0, 0.05) is 5.01 Å². The van der Waals surface area contributed by atoms with E-state index < -0.39 is 5.91 Å². The van der Waals surface area contributed by atoms with Crippen molar-refractivity contribution in [1.29, 1.82) is 0 Å². The van der Waals surface area contributed by atoms with Crippen molar-refractivity contribution in [3.63, 3.8) is 0 Å². The first-order valence-electron chi connectivity index (χ1n) is 6.17. The quantitative estimate of drug-likeness (QED) is 0.563. The molecule has 4 nitrogen and oxygen atoms in total. The number of rotatable bonds is 2. The Morgan fingerprint density at radius 1 is 1.09 bits per heavy atom. The Balaban J connectivity index is 0.000000293. The molecule has 3 aromatic rings. The monoisotopic (exact) mass is 479 g/mol. The summed E-state index contributed by atoms with van der Waals surface area (Å²) < 4.78 is 0. The molecule has 0 aliphatic carbocycles. The average molecular weight is 479 g/mol. The SMILES string of the molecule is [NH-]c1nc(-c2ccccc2)sc1C(N)=O.[W+2].[c-]1ccccc1. The summed E-state index contributed by atoms with van der Waals surface area (Å²) in [6.45, 7) is 0. The summed E-state index contributed by atoms with van der Waals surface area (Å²) in [5.41, 5.74) is 13.5. The summed E-state index contributed by atoms with van der Waals surface area (Å²) in [5.74, 6) is -0.647. The van der Waals surface area contributed by atoms with Gasteiger partial charge in [0.1, 0.15) is 0 Å². The summed E-state index contributed by atoms with van der Waals surface area (Å²) in [6.07, 6.45) is 0. The molecule has 0 spiro atoms. The van der Waals surface area contributed by atoms with Gasteiger partial charge in [-0.3, -0.25) is 4.79 Å². The molecule has 3 rings (SSSR count). The molecular formula is C16H13N3OSW. The van der Waals surface area contributed by atoms with E-state index in [1.807, 2.05) is 60.7 Å². The van der Waals surface area contributed by atoms with Crippen molar-refractivity contribution in [2.75, 3.05) is 0 Å². The van der Waals surface area contributed by atoms with Gasteiger partial charge in [0.25, 0.3) is 5.91 Å². The van der Waals surface area contributed by atoms with Crippen molar-refractivity contribution >= 4 is 23.1 Å². The van der Waals surface area contributed by atoms with Crippen LogP contribution in [-0.4, -0.2) is 10.9 Å². The number of amides is 1. The average Bonchev–Trinajstić information content (AvgIpc) is 2.93. The number of nitrogens with two attached hydrogens (primary N) is 1. The molecule has 0 fully saturated rings. The molecule has 0 aliphatic rings. The maximum Gasteiger partial charge on any atom is 2.00 e. The van der Waals surface area contributed by atoms with Crippen molar-refractivity contribution in [3.8, 4) is 10.6 Å². The number of primary amides is 1. The van der Waals surface area contributed by atoms with Gasteiger partial charge in [-0.05, 0) is 11.4 Å². The molecule has 6 heteroatoms. The number of aromatic nitrogens is 1. The minimum absolute atomic E-state index is 0. The van der Waals surface area contributed by atoms with E-state index in [2.05, 4.69) is 11.1 Å². The molecular weight excluding hydrogens is 466 g/mol. The van der Waals surface area contributed by atoms with Crippen LogP contribution in [0.4, 0.5) is 5.82 Å². The number of nitrogens with zero attached hydrogens (tertiary/aromatic N) is 1. The molecule has 1 heterocycles. The van der Waals surface area contributed by atoms with E-state index in [0.717, 1.165) is 16.9 Å². The Morgan fingerprint density at radius 3 is 2.09 bits per heavy atom. The Hall–Kier alpha value is -1.97. The normalized spacial score (nSPS) is 9.09. The third-order valence-electron chi connectivity index (χ3n) is 2.48. The Labute approximate surface area is 147 Å². The number of hydrogen-bond donors (Lipinski definition) is 1. The van der Waals surface area contributed by atoms with Crippen molar-refractivity contribution in [1.82, 2.24) is 4.98 Å². The van der Waals surface area contributed by atoms with Crippen molar-refractivity contribution in [3.05, 3.63) is 77.3 Å². The number of carbonyl (C=O) groups excluding carboxylic acids is 1. The van der Waals surface area contributed by atoms with E-state index in [-0.39, 0.29) is 31.8 Å². The third-order valence-corrected chi connectivity index (χ3v) is 3.60. The van der Waals surface area contributed by atoms with Gasteiger partial charge in [0.15, 0.2) is 0 Å². The van der Waals surface area contributed by atoms with E-state index in [1.54, 1.807) is 0 Å². The second kappa shape index (κ2) is 9.13. The zero-order valence-electron chi connectivity index (χ0n) is 11.5. The first-order valence-corrected chi connectivity index (χ1v) is 6.99. The van der Waals surface area contributed by atoms with Gasteiger partial charge >= 0.3 is 21.1 Å². The third kappa shape index (κ3) is 5.10. The summed E-state index contributed by atoms with van der Waals surface area (Å²) in [4.78, 5) is 15.1. The van der Waals surface area contributed by atoms with E-state index in [0.29, 0.717) is 5.01 Å². The van der Waals surface area contributed by atoms with Crippen LogP contribution in [0, 0.1) is 6.07 Å². The number of hydrogen-bond acceptors (Lipinski definition) is 3. The van der Waals surface area contributed by atoms with E-state index in [4.69, 9.17) is 11.5 Å². The molecule has 3 N–H and O–H groups in total. The number of carbonyl (C=O) groups is 1. The Morgan fingerprint density at radius 2 is 1.68 bits per heavy atom. The minimum Gasteiger partial charge on any atom is -0.481 e. The zero-order chi connectivity index (χ0) is 15.1. The first-order chi connectivity index (χ1) is 10.2.